The molecule has 1 unspecified atom stereocenters. The second-order valence-electron chi connectivity index (χ2n) is 20.7. The first kappa shape index (κ1) is 57.2. The lowest BCUT2D eigenvalue weighted by Crippen LogP contribution is -2.48. The third-order valence-corrected chi connectivity index (χ3v) is 15.9. The SMILES string of the molecule is CC(=O)N1CCN(c2nc(N(CCOCCCOc3cc(C(C(=O)N4C[C@H](O)C[C@H]4C(=O)NCc4ccc(-c5scnc5C)cc4)C(C)C)on3)CCC(=O)N(C)C)nc3c(F)c(-c4cc(O)cc5ccccc45)c(Cl)cc23)CC1. The van der Waals surface area contributed by atoms with Gasteiger partial charge in [-0.1, -0.05) is 74.0 Å². The van der Waals surface area contributed by atoms with Crippen molar-refractivity contribution in [3.63, 3.8) is 0 Å². The molecule has 4 aromatic carbocycles. The van der Waals surface area contributed by atoms with Crippen LogP contribution >= 0.6 is 22.9 Å². The zero-order valence-electron chi connectivity index (χ0n) is 45.7. The zero-order chi connectivity index (χ0) is 56.8. The van der Waals surface area contributed by atoms with Crippen molar-refractivity contribution in [2.24, 2.45) is 5.92 Å². The van der Waals surface area contributed by atoms with Crippen LogP contribution in [0.5, 0.6) is 11.6 Å². The van der Waals surface area contributed by atoms with E-state index in [-0.39, 0.29) is 128 Å². The number of carbonyl (C=O) groups excluding carboxylic acids is 4. The summed E-state index contributed by atoms with van der Waals surface area (Å²) in [7, 11) is 3.34. The summed E-state index contributed by atoms with van der Waals surface area (Å²) in [5.74, 6) is -1.73. The molecule has 0 saturated carbocycles. The molecule has 7 aromatic rings. The number of nitrogens with zero attached hydrogens (tertiary/aromatic N) is 9. The number of aryl methyl sites for hydroxylation is 1. The zero-order valence-corrected chi connectivity index (χ0v) is 47.2. The lowest BCUT2D eigenvalue weighted by Gasteiger charge is -2.36. The minimum absolute atomic E-state index is 0.00237. The number of halogens is 2. The van der Waals surface area contributed by atoms with Gasteiger partial charge in [-0.15, -0.1) is 11.3 Å². The molecule has 2 aliphatic heterocycles. The average molecular weight is 1130 g/mol. The highest BCUT2D eigenvalue weighted by Crippen LogP contribution is 2.43. The first-order valence-electron chi connectivity index (χ1n) is 26.8. The molecule has 0 radical (unpaired) electrons. The number of rotatable bonds is 21. The van der Waals surface area contributed by atoms with Crippen LogP contribution in [0.3, 0.4) is 0 Å². The Kier molecular flexibility index (Phi) is 18.1. The number of piperazine rings is 1. The Balaban J connectivity index is 0.850. The highest BCUT2D eigenvalue weighted by Gasteiger charge is 2.43. The molecule has 0 bridgehead atoms. The summed E-state index contributed by atoms with van der Waals surface area (Å²) in [6, 6.07) is 20.6. The maximum atomic E-state index is 17.4. The fraction of sp³-hybridized carbons (Fsp3) is 0.414. The lowest BCUT2D eigenvalue weighted by atomic mass is 9.91. The first-order chi connectivity index (χ1) is 38.4. The number of thiazole rings is 1. The Morgan fingerprint density at radius 1 is 0.963 bits per heavy atom. The number of nitrogens with one attached hydrogen (secondary N) is 1. The predicted molar refractivity (Wildman–Crippen MR) is 304 cm³/mol. The summed E-state index contributed by atoms with van der Waals surface area (Å²) in [6.07, 6.45) is -0.236. The van der Waals surface area contributed by atoms with Crippen LogP contribution in [0.2, 0.25) is 5.02 Å². The summed E-state index contributed by atoms with van der Waals surface area (Å²) < 4.78 is 35.2. The molecule has 4 amide bonds. The number of aromatic hydroxyl groups is 1. The Morgan fingerprint density at radius 2 is 1.73 bits per heavy atom. The van der Waals surface area contributed by atoms with E-state index in [0.29, 0.717) is 60.1 Å². The van der Waals surface area contributed by atoms with Gasteiger partial charge in [-0.05, 0) is 63.7 Å². The van der Waals surface area contributed by atoms with Gasteiger partial charge >= 0.3 is 0 Å². The molecule has 2 saturated heterocycles. The number of benzene rings is 4. The third kappa shape index (κ3) is 12.9. The normalized spacial score (nSPS) is 15.9. The van der Waals surface area contributed by atoms with E-state index >= 15 is 4.39 Å². The molecule has 19 nitrogen and oxygen atoms in total. The van der Waals surface area contributed by atoms with E-state index in [4.69, 9.17) is 35.6 Å². The number of hydrogen-bond acceptors (Lipinski definition) is 16. The van der Waals surface area contributed by atoms with E-state index in [2.05, 4.69) is 15.5 Å². The molecule has 22 heteroatoms. The van der Waals surface area contributed by atoms with Crippen LogP contribution < -0.4 is 19.9 Å². The monoisotopic (exact) mass is 1130 g/mol. The van der Waals surface area contributed by atoms with Gasteiger partial charge in [-0.2, -0.15) is 4.98 Å². The summed E-state index contributed by atoms with van der Waals surface area (Å²) in [5.41, 5.74) is 5.14. The van der Waals surface area contributed by atoms with Crippen molar-refractivity contribution in [1.82, 2.24) is 40.1 Å². The maximum absolute atomic E-state index is 17.4. The predicted octanol–water partition coefficient (Wildman–Crippen LogP) is 7.82. The van der Waals surface area contributed by atoms with Crippen molar-refractivity contribution in [3.05, 3.63) is 106 Å². The summed E-state index contributed by atoms with van der Waals surface area (Å²) in [6.45, 7) is 10.2. The van der Waals surface area contributed by atoms with E-state index < -0.39 is 23.9 Å². The molecule has 2 aliphatic rings. The second kappa shape index (κ2) is 25.3. The number of hydrogen-bond donors (Lipinski definition) is 3. The van der Waals surface area contributed by atoms with Gasteiger partial charge in [0.1, 0.15) is 29.0 Å². The number of fused-ring (bicyclic) bond motifs is 2. The number of aliphatic hydroxyl groups excluding tert-OH is 1. The van der Waals surface area contributed by atoms with Crippen molar-refractivity contribution in [2.75, 3.05) is 89.5 Å². The number of ether oxygens (including phenoxy) is 2. The van der Waals surface area contributed by atoms with Crippen molar-refractivity contribution < 1.29 is 47.8 Å². The minimum Gasteiger partial charge on any atom is -0.508 e. The molecule has 422 valence electrons. The van der Waals surface area contributed by atoms with Crippen LogP contribution in [0.4, 0.5) is 16.2 Å². The van der Waals surface area contributed by atoms with Crippen LogP contribution in [0.15, 0.2) is 82.8 Å². The summed E-state index contributed by atoms with van der Waals surface area (Å²) in [5, 5.41) is 30.3. The number of aliphatic hydroxyl groups is 1. The Hall–Kier alpha value is -7.46. The van der Waals surface area contributed by atoms with Gasteiger partial charge in [0, 0.05) is 116 Å². The highest BCUT2D eigenvalue weighted by atomic mass is 35.5. The maximum Gasteiger partial charge on any atom is 0.254 e. The standard InChI is InChI=1S/C58H66ClFN10O9S/c1-34(2)50(57(76)70-32-41(73)28-46(70)56(75)61-31-37-12-14-38(15-13-37)54-35(3)62-33-80-54)47-30-48(65-79-47)78-24-9-23-77-25-22-69(17-16-49(74)66(5)6)58-63-53-44(55(64-58)68-20-18-67(19-21-68)36(4)71)29-45(59)51(52(53)60)43-27-40(72)26-39-10-7-8-11-42(39)43/h7-8,10-15,26-27,29-30,33-34,41,46,50,72-73H,9,16-25,28,31-32H2,1-6H3,(H,61,75)/t41-,46+,50?/m1/s1. The molecule has 80 heavy (non-hydrogen) atoms. The smallest absolute Gasteiger partial charge is 0.254 e. The van der Waals surface area contributed by atoms with Gasteiger partial charge in [0.15, 0.2) is 11.6 Å². The Bertz CT molecular complexity index is 3370. The summed E-state index contributed by atoms with van der Waals surface area (Å²) >= 11 is 8.55. The Labute approximate surface area is 472 Å². The number of amides is 4. The Morgan fingerprint density at radius 3 is 2.44 bits per heavy atom. The fourth-order valence-electron chi connectivity index (χ4n) is 10.3. The van der Waals surface area contributed by atoms with Gasteiger partial charge in [0.25, 0.3) is 5.88 Å². The number of likely N-dealkylation sites (tertiary alicyclic amines) is 1. The molecule has 9 rings (SSSR count). The van der Waals surface area contributed by atoms with Gasteiger partial charge < -0.3 is 54.0 Å². The number of carbonyl (C=O) groups is 4. The van der Waals surface area contributed by atoms with Crippen molar-refractivity contribution in [3.8, 4) is 33.2 Å². The van der Waals surface area contributed by atoms with Gasteiger partial charge in [0.2, 0.25) is 29.6 Å². The first-order valence-corrected chi connectivity index (χ1v) is 28.0. The number of aromatic nitrogens is 4. The van der Waals surface area contributed by atoms with Crippen LogP contribution in [0.25, 0.3) is 43.2 Å². The number of β-amino-alcohol motifs (C(OH)–C–C–N with tert-alkyl or cyclic N) is 1. The van der Waals surface area contributed by atoms with Crippen LogP contribution in [-0.4, -0.2) is 161 Å². The number of phenols is 1. The average Bonchev–Trinajstić information content (AvgIpc) is 4.22. The molecule has 2 fully saturated rings. The number of anilines is 2. The van der Waals surface area contributed by atoms with Crippen molar-refractivity contribution in [2.45, 2.75) is 71.6 Å². The van der Waals surface area contributed by atoms with E-state index in [0.717, 1.165) is 21.7 Å². The molecular formula is C58H66ClFN10O9S. The molecule has 0 aliphatic carbocycles. The van der Waals surface area contributed by atoms with Crippen molar-refractivity contribution in [1.29, 1.82) is 0 Å². The quantitative estimate of drug-likeness (QED) is 0.0584. The molecule has 5 heterocycles. The summed E-state index contributed by atoms with van der Waals surface area (Å²) in [4.78, 5) is 76.9. The van der Waals surface area contributed by atoms with Gasteiger partial charge in [-0.3, -0.25) is 19.2 Å². The van der Waals surface area contributed by atoms with Gasteiger partial charge in [-0.25, -0.2) is 14.4 Å². The molecular weight excluding hydrogens is 1070 g/mol. The fourth-order valence-corrected chi connectivity index (χ4v) is 11.4. The van der Waals surface area contributed by atoms with Crippen LogP contribution in [0.1, 0.15) is 63.0 Å². The molecule has 3 atom stereocenters. The van der Waals surface area contributed by atoms with E-state index in [1.54, 1.807) is 53.4 Å². The second-order valence-corrected chi connectivity index (χ2v) is 22.0. The van der Waals surface area contributed by atoms with Crippen LogP contribution in [-0.2, 0) is 30.5 Å². The van der Waals surface area contributed by atoms with E-state index in [1.165, 1.54) is 22.8 Å². The van der Waals surface area contributed by atoms with Crippen LogP contribution in [0, 0.1) is 18.7 Å². The number of phenolic OH excluding ortho intramolecular Hbond substituents is 1. The van der Waals surface area contributed by atoms with E-state index in [1.807, 2.05) is 79.7 Å². The largest absolute Gasteiger partial charge is 0.508 e. The molecule has 3 aromatic heterocycles. The highest BCUT2D eigenvalue weighted by molar-refractivity contribution is 7.13. The van der Waals surface area contributed by atoms with E-state index in [9.17, 15) is 29.4 Å². The lowest BCUT2D eigenvalue weighted by molar-refractivity contribution is -0.141. The molecule has 0 spiro atoms. The minimum atomic E-state index is -0.878. The topological polar surface area (TPSA) is 220 Å². The van der Waals surface area contributed by atoms with Crippen molar-refractivity contribution >= 4 is 80.0 Å². The third-order valence-electron chi connectivity index (χ3n) is 14.6. The van der Waals surface area contributed by atoms with Gasteiger partial charge in [0.05, 0.1) is 40.4 Å². The molecule has 3 N–H and O–H groups in total.